The van der Waals surface area contributed by atoms with Crippen molar-refractivity contribution in [3.05, 3.63) is 35.2 Å². The number of anilines is 1. The molecule has 0 spiro atoms. The third-order valence-electron chi connectivity index (χ3n) is 5.50. The Kier molecular flexibility index (Phi) is 4.10. The van der Waals surface area contributed by atoms with E-state index in [4.69, 9.17) is 4.74 Å². The molecule has 3 aliphatic rings. The van der Waals surface area contributed by atoms with Gasteiger partial charge in [-0.15, -0.1) is 0 Å². The van der Waals surface area contributed by atoms with Gasteiger partial charge in [0.25, 0.3) is 11.8 Å². The van der Waals surface area contributed by atoms with Crippen molar-refractivity contribution < 1.29 is 18.7 Å². The second-order valence-corrected chi connectivity index (χ2v) is 7.38. The largest absolute Gasteiger partial charge is 0.490 e. The standard InChI is InChI=1S/C20H22FNO3/c1-12-6-7-13(10-12)25-14-8-9-17(21)18(11-14)22-19(23)15-4-2-3-5-16(15)20(22)24/h8-9,11-13H,2-7,10H2,1H3. The van der Waals surface area contributed by atoms with E-state index in [0.717, 1.165) is 37.0 Å². The van der Waals surface area contributed by atoms with Crippen LogP contribution in [0.1, 0.15) is 51.9 Å². The molecule has 1 aromatic rings. The van der Waals surface area contributed by atoms with Crippen LogP contribution in [0.15, 0.2) is 29.3 Å². The number of halogens is 1. The molecule has 2 amide bonds. The first-order valence-electron chi connectivity index (χ1n) is 9.11. The molecule has 0 aromatic heterocycles. The predicted octanol–water partition coefficient (Wildman–Crippen LogP) is 4.14. The Hall–Kier alpha value is -2.17. The van der Waals surface area contributed by atoms with Gasteiger partial charge in [0.15, 0.2) is 0 Å². The van der Waals surface area contributed by atoms with Crippen molar-refractivity contribution in [1.82, 2.24) is 0 Å². The highest BCUT2D eigenvalue weighted by molar-refractivity contribution is 6.33. The van der Waals surface area contributed by atoms with Crippen molar-refractivity contribution >= 4 is 17.5 Å². The summed E-state index contributed by atoms with van der Waals surface area (Å²) in [6, 6.07) is 4.34. The molecule has 4 nitrogen and oxygen atoms in total. The molecule has 4 rings (SSSR count). The first kappa shape index (κ1) is 16.3. The van der Waals surface area contributed by atoms with Crippen molar-refractivity contribution in [3.8, 4) is 5.75 Å². The molecule has 2 atom stereocenters. The van der Waals surface area contributed by atoms with Crippen LogP contribution in [-0.4, -0.2) is 17.9 Å². The first-order chi connectivity index (χ1) is 12.0. The van der Waals surface area contributed by atoms with Crippen LogP contribution in [0.25, 0.3) is 0 Å². The molecule has 0 N–H and O–H groups in total. The number of ether oxygens (including phenoxy) is 1. The fourth-order valence-corrected chi connectivity index (χ4v) is 4.15. The molecule has 1 fully saturated rings. The van der Waals surface area contributed by atoms with E-state index in [9.17, 15) is 14.0 Å². The Labute approximate surface area is 146 Å². The summed E-state index contributed by atoms with van der Waals surface area (Å²) in [6.07, 6.45) is 6.20. The molecule has 1 saturated carbocycles. The van der Waals surface area contributed by atoms with E-state index in [2.05, 4.69) is 6.92 Å². The van der Waals surface area contributed by atoms with Gasteiger partial charge >= 0.3 is 0 Å². The molecular weight excluding hydrogens is 321 g/mol. The van der Waals surface area contributed by atoms with Gasteiger partial charge < -0.3 is 4.74 Å². The van der Waals surface area contributed by atoms with Crippen LogP contribution in [-0.2, 0) is 9.59 Å². The van der Waals surface area contributed by atoms with E-state index in [1.807, 2.05) is 0 Å². The van der Waals surface area contributed by atoms with Crippen molar-refractivity contribution in [3.63, 3.8) is 0 Å². The Morgan fingerprint density at radius 3 is 2.36 bits per heavy atom. The van der Waals surface area contributed by atoms with Crippen LogP contribution >= 0.6 is 0 Å². The van der Waals surface area contributed by atoms with Crippen molar-refractivity contribution in [2.45, 2.75) is 58.0 Å². The molecule has 0 bridgehead atoms. The van der Waals surface area contributed by atoms with Gasteiger partial charge in [-0.1, -0.05) is 6.92 Å². The number of amides is 2. The van der Waals surface area contributed by atoms with E-state index >= 15 is 0 Å². The van der Waals surface area contributed by atoms with Crippen molar-refractivity contribution in [2.24, 2.45) is 5.92 Å². The minimum Gasteiger partial charge on any atom is -0.490 e. The fraction of sp³-hybridized carbons (Fsp3) is 0.500. The van der Waals surface area contributed by atoms with Gasteiger partial charge in [0.05, 0.1) is 11.8 Å². The van der Waals surface area contributed by atoms with Crippen LogP contribution < -0.4 is 9.64 Å². The van der Waals surface area contributed by atoms with Crippen LogP contribution in [0.4, 0.5) is 10.1 Å². The number of carbonyl (C=O) groups excluding carboxylic acids is 2. The maximum absolute atomic E-state index is 14.4. The van der Waals surface area contributed by atoms with Gasteiger partial charge in [-0.25, -0.2) is 9.29 Å². The third-order valence-corrected chi connectivity index (χ3v) is 5.50. The molecule has 0 saturated heterocycles. The minimum absolute atomic E-state index is 0.00736. The highest BCUT2D eigenvalue weighted by Gasteiger charge is 2.40. The number of nitrogens with zero attached hydrogens (tertiary/aromatic N) is 1. The summed E-state index contributed by atoms with van der Waals surface area (Å²) in [5.41, 5.74) is 1.13. The molecule has 0 radical (unpaired) electrons. The lowest BCUT2D eigenvalue weighted by molar-refractivity contribution is -0.120. The Morgan fingerprint density at radius 2 is 1.76 bits per heavy atom. The van der Waals surface area contributed by atoms with Gasteiger partial charge in [-0.05, 0) is 63.0 Å². The second kappa shape index (κ2) is 6.28. The number of carbonyl (C=O) groups is 2. The lowest BCUT2D eigenvalue weighted by Crippen LogP contribution is -2.32. The highest BCUT2D eigenvalue weighted by atomic mass is 19.1. The first-order valence-corrected chi connectivity index (χ1v) is 9.11. The normalized spacial score (nSPS) is 26.4. The van der Waals surface area contributed by atoms with Gasteiger partial charge in [0, 0.05) is 17.2 Å². The second-order valence-electron chi connectivity index (χ2n) is 7.38. The SMILES string of the molecule is CC1CCC(Oc2ccc(F)c(N3C(=O)C4=C(CCCC4)C3=O)c2)C1. The van der Waals surface area contributed by atoms with Crippen molar-refractivity contribution in [1.29, 1.82) is 0 Å². The zero-order valence-electron chi connectivity index (χ0n) is 14.4. The van der Waals surface area contributed by atoms with Crippen LogP contribution in [0.2, 0.25) is 0 Å². The monoisotopic (exact) mass is 343 g/mol. The summed E-state index contributed by atoms with van der Waals surface area (Å²) in [5.74, 6) is -0.173. The summed E-state index contributed by atoms with van der Waals surface area (Å²) < 4.78 is 20.4. The lowest BCUT2D eigenvalue weighted by Gasteiger charge is -2.19. The van der Waals surface area contributed by atoms with E-state index in [1.54, 1.807) is 6.07 Å². The van der Waals surface area contributed by atoms with E-state index in [1.165, 1.54) is 12.1 Å². The van der Waals surface area contributed by atoms with Gasteiger partial charge in [-0.2, -0.15) is 0 Å². The van der Waals surface area contributed by atoms with Crippen molar-refractivity contribution in [2.75, 3.05) is 4.90 Å². The summed E-state index contributed by atoms with van der Waals surface area (Å²) in [4.78, 5) is 26.3. The van der Waals surface area contributed by atoms with Crippen LogP contribution in [0, 0.1) is 11.7 Å². The highest BCUT2D eigenvalue weighted by Crippen LogP contribution is 2.38. The molecular formula is C20H22FNO3. The van der Waals surface area contributed by atoms with E-state index < -0.39 is 5.82 Å². The zero-order valence-corrected chi connectivity index (χ0v) is 14.4. The number of benzene rings is 1. The predicted molar refractivity (Wildman–Crippen MR) is 91.8 cm³/mol. The molecule has 2 aliphatic carbocycles. The Morgan fingerprint density at radius 1 is 1.08 bits per heavy atom. The Balaban J connectivity index is 1.61. The molecule has 1 aliphatic heterocycles. The van der Waals surface area contributed by atoms with Crippen LogP contribution in [0.3, 0.4) is 0 Å². The van der Waals surface area contributed by atoms with Gasteiger partial charge in [-0.3, -0.25) is 9.59 Å². The maximum atomic E-state index is 14.4. The molecule has 25 heavy (non-hydrogen) atoms. The molecule has 1 heterocycles. The average molecular weight is 343 g/mol. The summed E-state index contributed by atoms with van der Waals surface area (Å²) in [7, 11) is 0. The number of rotatable bonds is 3. The smallest absolute Gasteiger partial charge is 0.261 e. The fourth-order valence-electron chi connectivity index (χ4n) is 4.15. The molecule has 5 heteroatoms. The number of imide groups is 1. The topological polar surface area (TPSA) is 46.6 Å². The maximum Gasteiger partial charge on any atom is 0.261 e. The number of hydrogen-bond acceptors (Lipinski definition) is 3. The average Bonchev–Trinajstić information content (AvgIpc) is 3.12. The zero-order chi connectivity index (χ0) is 17.6. The van der Waals surface area contributed by atoms with Crippen LogP contribution in [0.5, 0.6) is 5.75 Å². The number of hydrogen-bond donors (Lipinski definition) is 0. The molecule has 1 aromatic carbocycles. The molecule has 132 valence electrons. The van der Waals surface area contributed by atoms with Gasteiger partial charge in [0.2, 0.25) is 0 Å². The van der Waals surface area contributed by atoms with E-state index in [-0.39, 0.29) is 23.6 Å². The Bertz CT molecular complexity index is 742. The van der Waals surface area contributed by atoms with Gasteiger partial charge in [0.1, 0.15) is 11.6 Å². The minimum atomic E-state index is -0.575. The summed E-state index contributed by atoms with van der Waals surface area (Å²) in [5, 5.41) is 0. The summed E-state index contributed by atoms with van der Waals surface area (Å²) in [6.45, 7) is 2.19. The lowest BCUT2D eigenvalue weighted by atomic mass is 9.93. The third kappa shape index (κ3) is 2.86. The quantitative estimate of drug-likeness (QED) is 0.775. The molecule has 2 unspecified atom stereocenters. The van der Waals surface area contributed by atoms with E-state index in [0.29, 0.717) is 35.7 Å². The summed E-state index contributed by atoms with van der Waals surface area (Å²) >= 11 is 0.